The summed E-state index contributed by atoms with van der Waals surface area (Å²) >= 11 is 0. The molecule has 1 atom stereocenters. The van der Waals surface area contributed by atoms with E-state index in [0.717, 1.165) is 5.56 Å². The maximum absolute atomic E-state index is 12.5. The summed E-state index contributed by atoms with van der Waals surface area (Å²) in [5, 5.41) is 2.69. The quantitative estimate of drug-likeness (QED) is 0.647. The number of hydrogen-bond acceptors (Lipinski definition) is 6. The van der Waals surface area contributed by atoms with E-state index in [1.54, 1.807) is 24.3 Å². The average Bonchev–Trinajstić information content (AvgIpc) is 2.71. The van der Waals surface area contributed by atoms with Gasteiger partial charge >= 0.3 is 0 Å². The highest BCUT2D eigenvalue weighted by Crippen LogP contribution is 2.31. The first-order chi connectivity index (χ1) is 13.4. The molecule has 146 valence electrons. The number of amides is 2. The predicted molar refractivity (Wildman–Crippen MR) is 98.2 cm³/mol. The number of fused-ring (bicyclic) bond motifs is 2. The molecule has 0 spiro atoms. The summed E-state index contributed by atoms with van der Waals surface area (Å²) in [5.74, 6) is 0.148. The maximum atomic E-state index is 12.5. The predicted octanol–water partition coefficient (Wildman–Crippen LogP) is 0.721. The number of rotatable bonds is 4. The number of para-hydroxylation sites is 2. The van der Waals surface area contributed by atoms with E-state index in [4.69, 9.17) is 9.47 Å². The second-order valence-corrected chi connectivity index (χ2v) is 8.01. The number of sulfonamides is 1. The van der Waals surface area contributed by atoms with Crippen molar-refractivity contribution in [3.8, 4) is 11.5 Å². The third kappa shape index (κ3) is 3.64. The van der Waals surface area contributed by atoms with Gasteiger partial charge in [-0.2, -0.15) is 0 Å². The Labute approximate surface area is 161 Å². The van der Waals surface area contributed by atoms with E-state index in [1.807, 2.05) is 0 Å². The molecule has 2 aliphatic rings. The minimum atomic E-state index is -3.99. The maximum Gasteiger partial charge on any atom is 0.279 e. The molecule has 4 rings (SSSR count). The van der Waals surface area contributed by atoms with Gasteiger partial charge in [0.25, 0.3) is 15.9 Å². The van der Waals surface area contributed by atoms with Gasteiger partial charge in [0.05, 0.1) is 4.90 Å². The molecule has 0 saturated heterocycles. The van der Waals surface area contributed by atoms with Crippen LogP contribution in [0.4, 0.5) is 5.69 Å². The molecule has 2 aliphatic heterocycles. The lowest BCUT2D eigenvalue weighted by Crippen LogP contribution is -2.50. The molecule has 10 heteroatoms. The van der Waals surface area contributed by atoms with Crippen molar-refractivity contribution in [2.75, 3.05) is 11.9 Å². The Morgan fingerprint density at radius 1 is 1.11 bits per heavy atom. The number of carbonyl (C=O) groups excluding carboxylic acids is 2. The van der Waals surface area contributed by atoms with Gasteiger partial charge in [0.15, 0.2) is 11.5 Å². The van der Waals surface area contributed by atoms with Crippen molar-refractivity contribution >= 4 is 27.5 Å². The Hall–Kier alpha value is -3.11. The van der Waals surface area contributed by atoms with Gasteiger partial charge in [0.1, 0.15) is 6.61 Å². The van der Waals surface area contributed by atoms with E-state index in [2.05, 4.69) is 15.6 Å². The van der Waals surface area contributed by atoms with Gasteiger partial charge in [-0.05, 0) is 42.3 Å². The second-order valence-electron chi connectivity index (χ2n) is 6.33. The number of aryl methyl sites for hydroxylation is 1. The zero-order valence-electron chi connectivity index (χ0n) is 14.6. The van der Waals surface area contributed by atoms with Gasteiger partial charge in [0, 0.05) is 12.1 Å². The van der Waals surface area contributed by atoms with Gasteiger partial charge in [-0.3, -0.25) is 15.0 Å². The highest BCUT2D eigenvalue weighted by atomic mass is 32.2. The van der Waals surface area contributed by atoms with Crippen LogP contribution in [0.1, 0.15) is 12.0 Å². The van der Waals surface area contributed by atoms with Crippen molar-refractivity contribution in [3.05, 3.63) is 48.0 Å². The largest absolute Gasteiger partial charge is 0.485 e. The molecule has 2 heterocycles. The van der Waals surface area contributed by atoms with Crippen molar-refractivity contribution in [2.45, 2.75) is 23.8 Å². The van der Waals surface area contributed by atoms with Gasteiger partial charge in [-0.15, -0.1) is 4.83 Å². The van der Waals surface area contributed by atoms with Crippen molar-refractivity contribution in [3.63, 3.8) is 0 Å². The minimum absolute atomic E-state index is 0.0196. The first kappa shape index (κ1) is 18.3. The van der Waals surface area contributed by atoms with Crippen LogP contribution in [0.25, 0.3) is 0 Å². The molecule has 28 heavy (non-hydrogen) atoms. The monoisotopic (exact) mass is 403 g/mol. The fraction of sp³-hybridized carbons (Fsp3) is 0.222. The Kier molecular flexibility index (Phi) is 4.65. The molecule has 0 aromatic heterocycles. The molecule has 0 saturated carbocycles. The fourth-order valence-corrected chi connectivity index (χ4v) is 3.83. The smallest absolute Gasteiger partial charge is 0.279 e. The van der Waals surface area contributed by atoms with Gasteiger partial charge in [-0.1, -0.05) is 12.1 Å². The van der Waals surface area contributed by atoms with Crippen LogP contribution < -0.4 is 25.0 Å². The molecule has 2 aromatic carbocycles. The molecule has 0 radical (unpaired) electrons. The minimum Gasteiger partial charge on any atom is -0.485 e. The van der Waals surface area contributed by atoms with E-state index >= 15 is 0 Å². The summed E-state index contributed by atoms with van der Waals surface area (Å²) in [6, 6.07) is 11.2. The molecule has 0 aliphatic carbocycles. The molecule has 2 aromatic rings. The van der Waals surface area contributed by atoms with Crippen molar-refractivity contribution in [1.29, 1.82) is 0 Å². The number of hydrogen-bond donors (Lipinski definition) is 3. The molecule has 0 fully saturated rings. The average molecular weight is 403 g/mol. The van der Waals surface area contributed by atoms with Crippen LogP contribution in [0.5, 0.6) is 11.5 Å². The number of carbonyl (C=O) groups is 2. The standard InChI is InChI=1S/C18H17N3O6S/c22-17-8-5-11-9-12(6-7-13(11)19-17)28(24,25)21-20-18(23)16-10-26-14-3-1-2-4-15(14)27-16/h1-4,6-7,9,16,21H,5,8,10H2,(H,19,22)(H,20,23)/t16-/m0/s1. The van der Waals surface area contributed by atoms with Crippen LogP contribution in [0.15, 0.2) is 47.4 Å². The Morgan fingerprint density at radius 2 is 1.89 bits per heavy atom. The van der Waals surface area contributed by atoms with Crippen LogP contribution in [-0.2, 0) is 26.0 Å². The van der Waals surface area contributed by atoms with Gasteiger partial charge in [0.2, 0.25) is 12.0 Å². The molecule has 2 amide bonds. The first-order valence-electron chi connectivity index (χ1n) is 8.55. The van der Waals surface area contributed by atoms with Crippen LogP contribution in [0, 0.1) is 0 Å². The molecule has 9 nitrogen and oxygen atoms in total. The van der Waals surface area contributed by atoms with Gasteiger partial charge in [-0.25, -0.2) is 8.42 Å². The lowest BCUT2D eigenvalue weighted by Gasteiger charge is -2.25. The van der Waals surface area contributed by atoms with Crippen LogP contribution >= 0.6 is 0 Å². The molecule has 3 N–H and O–H groups in total. The number of nitrogens with one attached hydrogen (secondary N) is 3. The molecular weight excluding hydrogens is 386 g/mol. The van der Waals surface area contributed by atoms with Crippen LogP contribution in [0.3, 0.4) is 0 Å². The van der Waals surface area contributed by atoms with Crippen LogP contribution in [0.2, 0.25) is 0 Å². The summed E-state index contributed by atoms with van der Waals surface area (Å²) in [6.07, 6.45) is -0.249. The normalized spacial score (nSPS) is 18.0. The van der Waals surface area contributed by atoms with E-state index in [-0.39, 0.29) is 17.4 Å². The van der Waals surface area contributed by atoms with Crippen molar-refractivity contribution in [2.24, 2.45) is 0 Å². The summed E-state index contributed by atoms with van der Waals surface area (Å²) in [5.41, 5.74) is 3.46. The fourth-order valence-electron chi connectivity index (χ4n) is 2.93. The topological polar surface area (TPSA) is 123 Å². The number of hydrazine groups is 1. The van der Waals surface area contributed by atoms with E-state index < -0.39 is 22.0 Å². The third-order valence-electron chi connectivity index (χ3n) is 4.39. The van der Waals surface area contributed by atoms with E-state index in [1.165, 1.54) is 18.2 Å². The number of ether oxygens (including phenoxy) is 2. The number of benzene rings is 2. The highest BCUT2D eigenvalue weighted by Gasteiger charge is 2.28. The van der Waals surface area contributed by atoms with Crippen molar-refractivity contribution in [1.82, 2.24) is 10.3 Å². The summed E-state index contributed by atoms with van der Waals surface area (Å²) < 4.78 is 35.9. The zero-order chi connectivity index (χ0) is 19.7. The Balaban J connectivity index is 1.42. The SMILES string of the molecule is O=C1CCc2cc(S(=O)(=O)NNC(=O)[C@@H]3COc4ccccc4O3)ccc2N1. The zero-order valence-corrected chi connectivity index (χ0v) is 15.4. The molecule has 0 unspecified atom stereocenters. The van der Waals surface area contributed by atoms with E-state index in [0.29, 0.717) is 30.0 Å². The third-order valence-corrected chi connectivity index (χ3v) is 5.64. The molecular formula is C18H17N3O6S. The Bertz CT molecular complexity index is 1050. The van der Waals surface area contributed by atoms with Crippen molar-refractivity contribution < 1.29 is 27.5 Å². The summed E-state index contributed by atoms with van der Waals surface area (Å²) in [6.45, 7) is -0.0386. The number of anilines is 1. The second kappa shape index (κ2) is 7.13. The summed E-state index contributed by atoms with van der Waals surface area (Å²) in [7, 11) is -3.99. The van der Waals surface area contributed by atoms with E-state index in [9.17, 15) is 18.0 Å². The highest BCUT2D eigenvalue weighted by molar-refractivity contribution is 7.89. The molecule has 0 bridgehead atoms. The van der Waals surface area contributed by atoms with Gasteiger partial charge < -0.3 is 14.8 Å². The Morgan fingerprint density at radius 3 is 2.71 bits per heavy atom. The lowest BCUT2D eigenvalue weighted by molar-refractivity contribution is -0.130. The first-order valence-corrected chi connectivity index (χ1v) is 10.0. The lowest BCUT2D eigenvalue weighted by atomic mass is 10.0. The van der Waals surface area contributed by atoms with Crippen LogP contribution in [-0.4, -0.2) is 32.9 Å². The summed E-state index contributed by atoms with van der Waals surface area (Å²) in [4.78, 5) is 25.7.